The van der Waals surface area contributed by atoms with Crippen LogP contribution in [0.4, 0.5) is 5.69 Å². The van der Waals surface area contributed by atoms with E-state index in [0.29, 0.717) is 29.8 Å². The number of hydrogen-bond donors (Lipinski definition) is 5. The topological polar surface area (TPSA) is 137 Å². The quantitative estimate of drug-likeness (QED) is 0.141. The molecule has 0 aromatic heterocycles. The highest BCUT2D eigenvalue weighted by molar-refractivity contribution is 6.02. The molecular formula is C26H28N4O4. The molecule has 0 aliphatic carbocycles. The second-order valence-electron chi connectivity index (χ2n) is 8.24. The highest BCUT2D eigenvalue weighted by Crippen LogP contribution is 2.29. The van der Waals surface area contributed by atoms with E-state index in [2.05, 4.69) is 15.8 Å². The summed E-state index contributed by atoms with van der Waals surface area (Å²) in [5.74, 6) is -1.08. The number of aromatic carboxylic acids is 1. The van der Waals surface area contributed by atoms with E-state index >= 15 is 0 Å². The molecule has 0 heterocycles. The third-order valence-electron chi connectivity index (χ3n) is 5.26. The summed E-state index contributed by atoms with van der Waals surface area (Å²) in [6, 6.07) is 19.3. The lowest BCUT2D eigenvalue weighted by molar-refractivity contribution is 0.0697. The van der Waals surface area contributed by atoms with Crippen molar-refractivity contribution in [2.45, 2.75) is 20.4 Å². The Morgan fingerprint density at radius 2 is 1.65 bits per heavy atom. The Morgan fingerprint density at radius 3 is 2.29 bits per heavy atom. The minimum atomic E-state index is -1.10. The zero-order valence-electron chi connectivity index (χ0n) is 19.1. The van der Waals surface area contributed by atoms with Gasteiger partial charge in [-0.15, -0.1) is 0 Å². The summed E-state index contributed by atoms with van der Waals surface area (Å²) in [4.78, 5) is 24.5. The largest absolute Gasteiger partial charge is 0.478 e. The van der Waals surface area contributed by atoms with Gasteiger partial charge in [0.25, 0.3) is 5.91 Å². The van der Waals surface area contributed by atoms with Crippen LogP contribution < -0.4 is 16.4 Å². The lowest BCUT2D eigenvalue weighted by Gasteiger charge is -2.15. The Bertz CT molecular complexity index is 1200. The van der Waals surface area contributed by atoms with Gasteiger partial charge in [-0.2, -0.15) is 0 Å². The van der Waals surface area contributed by atoms with E-state index in [9.17, 15) is 14.7 Å². The molecule has 3 aromatic rings. The maximum absolute atomic E-state index is 12.4. The normalized spacial score (nSPS) is 11.3. The van der Waals surface area contributed by atoms with Crippen LogP contribution in [0.25, 0.3) is 11.1 Å². The molecule has 8 nitrogen and oxygen atoms in total. The summed E-state index contributed by atoms with van der Waals surface area (Å²) in [7, 11) is 0. The Balaban J connectivity index is 1.86. The number of amidine groups is 1. The van der Waals surface area contributed by atoms with Crippen LogP contribution in [0.1, 0.15) is 45.7 Å². The van der Waals surface area contributed by atoms with E-state index in [1.54, 1.807) is 24.3 Å². The van der Waals surface area contributed by atoms with Gasteiger partial charge in [-0.05, 0) is 59.0 Å². The number of carbonyl (C=O) groups is 2. The zero-order chi connectivity index (χ0) is 24.7. The highest BCUT2D eigenvalue weighted by atomic mass is 16.4. The van der Waals surface area contributed by atoms with Gasteiger partial charge in [-0.3, -0.25) is 4.79 Å². The number of carboxylic acid groups (broad SMARTS) is 1. The summed E-state index contributed by atoms with van der Waals surface area (Å²) in [6.45, 7) is 4.93. The number of anilines is 1. The van der Waals surface area contributed by atoms with Crippen LogP contribution >= 0.6 is 0 Å². The van der Waals surface area contributed by atoms with Gasteiger partial charge in [0.15, 0.2) is 5.84 Å². The molecule has 1 amide bonds. The molecule has 0 spiro atoms. The number of nitrogens with one attached hydrogen (secondary N) is 2. The minimum absolute atomic E-state index is 0.0273. The summed E-state index contributed by atoms with van der Waals surface area (Å²) >= 11 is 0. The molecule has 34 heavy (non-hydrogen) atoms. The van der Waals surface area contributed by atoms with Gasteiger partial charge in [0, 0.05) is 29.9 Å². The number of hydrogen-bond acceptors (Lipinski definition) is 5. The molecule has 3 aromatic carbocycles. The molecule has 0 unspecified atom stereocenters. The number of nitrogens with zero attached hydrogens (tertiary/aromatic N) is 1. The second-order valence-corrected chi connectivity index (χ2v) is 8.24. The molecule has 0 bridgehead atoms. The number of amides is 1. The Morgan fingerprint density at radius 1 is 0.971 bits per heavy atom. The summed E-state index contributed by atoms with van der Waals surface area (Å²) in [5.41, 5.74) is 9.57. The fraction of sp³-hybridized carbons (Fsp3) is 0.192. The summed E-state index contributed by atoms with van der Waals surface area (Å²) < 4.78 is 0. The van der Waals surface area contributed by atoms with Crippen molar-refractivity contribution >= 4 is 23.4 Å². The van der Waals surface area contributed by atoms with E-state index in [-0.39, 0.29) is 23.2 Å². The maximum atomic E-state index is 12.4. The lowest BCUT2D eigenvalue weighted by atomic mass is 9.93. The molecule has 3 rings (SSSR count). The maximum Gasteiger partial charge on any atom is 0.336 e. The molecule has 0 radical (unpaired) electrons. The molecule has 0 aliphatic rings. The highest BCUT2D eigenvalue weighted by Gasteiger charge is 2.17. The van der Waals surface area contributed by atoms with Crippen LogP contribution in [0.5, 0.6) is 0 Å². The third kappa shape index (κ3) is 5.92. The Hall–Kier alpha value is -4.33. The zero-order valence-corrected chi connectivity index (χ0v) is 19.1. The molecule has 8 heteroatoms. The molecule has 6 N–H and O–H groups in total. The van der Waals surface area contributed by atoms with Crippen LogP contribution in [0, 0.1) is 5.92 Å². The van der Waals surface area contributed by atoms with Crippen molar-refractivity contribution in [3.63, 3.8) is 0 Å². The van der Waals surface area contributed by atoms with Gasteiger partial charge in [0.05, 0.1) is 5.56 Å². The molecule has 0 atom stereocenters. The number of carboxylic acids is 1. The van der Waals surface area contributed by atoms with E-state index in [1.165, 1.54) is 6.07 Å². The second kappa shape index (κ2) is 11.0. The summed E-state index contributed by atoms with van der Waals surface area (Å²) in [6.07, 6.45) is 0. The Kier molecular flexibility index (Phi) is 7.87. The molecule has 0 saturated carbocycles. The third-order valence-corrected chi connectivity index (χ3v) is 5.26. The minimum Gasteiger partial charge on any atom is -0.478 e. The number of benzene rings is 3. The lowest BCUT2D eigenvalue weighted by Crippen LogP contribution is -2.27. The molecule has 0 saturated heterocycles. The van der Waals surface area contributed by atoms with Crippen molar-refractivity contribution in [3.05, 3.63) is 89.0 Å². The Labute approximate surface area is 198 Å². The first-order valence-corrected chi connectivity index (χ1v) is 10.9. The molecule has 176 valence electrons. The van der Waals surface area contributed by atoms with Crippen molar-refractivity contribution in [2.75, 3.05) is 11.9 Å². The van der Waals surface area contributed by atoms with Crippen LogP contribution in [0.3, 0.4) is 0 Å². The average Bonchev–Trinajstić information content (AvgIpc) is 2.85. The van der Waals surface area contributed by atoms with Crippen molar-refractivity contribution < 1.29 is 19.9 Å². The standard InChI is InChI=1S/C26H28N4O4/c1-16(2)14-29-25(31)18-9-12-22(23(13-18)26(32)33)21-6-4-3-5-19(21)15-28-20-10-7-17(8-11-20)24(27)30-34/h3-13,16,28,34H,14-15H2,1-2H3,(H2,27,30)(H,29,31)(H,32,33). The predicted molar refractivity (Wildman–Crippen MR) is 132 cm³/mol. The summed E-state index contributed by atoms with van der Waals surface area (Å²) in [5, 5.41) is 27.8. The van der Waals surface area contributed by atoms with Gasteiger partial charge in [0.1, 0.15) is 0 Å². The van der Waals surface area contributed by atoms with Gasteiger partial charge < -0.3 is 26.7 Å². The van der Waals surface area contributed by atoms with Gasteiger partial charge in [-0.25, -0.2) is 4.79 Å². The van der Waals surface area contributed by atoms with Crippen LogP contribution in [-0.2, 0) is 6.54 Å². The van der Waals surface area contributed by atoms with E-state index < -0.39 is 5.97 Å². The smallest absolute Gasteiger partial charge is 0.336 e. The average molecular weight is 461 g/mol. The predicted octanol–water partition coefficient (Wildman–Crippen LogP) is 4.14. The van der Waals surface area contributed by atoms with Crippen molar-refractivity contribution in [3.8, 4) is 11.1 Å². The first-order chi connectivity index (χ1) is 16.3. The van der Waals surface area contributed by atoms with Crippen LogP contribution in [-0.4, -0.2) is 34.6 Å². The van der Waals surface area contributed by atoms with Crippen molar-refractivity contribution in [1.29, 1.82) is 0 Å². The number of oxime groups is 1. The van der Waals surface area contributed by atoms with Gasteiger partial charge in [0.2, 0.25) is 0 Å². The van der Waals surface area contributed by atoms with Gasteiger partial charge in [-0.1, -0.05) is 49.3 Å². The number of carbonyl (C=O) groups excluding carboxylic acids is 1. The van der Waals surface area contributed by atoms with Crippen LogP contribution in [0.15, 0.2) is 71.9 Å². The van der Waals surface area contributed by atoms with Crippen molar-refractivity contribution in [2.24, 2.45) is 16.8 Å². The molecule has 0 fully saturated rings. The van der Waals surface area contributed by atoms with E-state index in [0.717, 1.165) is 16.8 Å². The molecular weight excluding hydrogens is 432 g/mol. The SMILES string of the molecule is CC(C)CNC(=O)c1ccc(-c2ccccc2CNc2ccc(C(N)=NO)cc2)c(C(=O)O)c1. The fourth-order valence-electron chi connectivity index (χ4n) is 3.45. The van der Waals surface area contributed by atoms with Gasteiger partial charge >= 0.3 is 5.97 Å². The number of rotatable bonds is 9. The van der Waals surface area contributed by atoms with Crippen molar-refractivity contribution in [1.82, 2.24) is 5.32 Å². The molecule has 0 aliphatic heterocycles. The van der Waals surface area contributed by atoms with Crippen LogP contribution in [0.2, 0.25) is 0 Å². The first-order valence-electron chi connectivity index (χ1n) is 10.9. The first kappa shape index (κ1) is 24.3. The monoisotopic (exact) mass is 460 g/mol. The fourth-order valence-corrected chi connectivity index (χ4v) is 3.45. The van der Waals surface area contributed by atoms with E-state index in [1.807, 2.05) is 50.2 Å². The van der Waals surface area contributed by atoms with E-state index in [4.69, 9.17) is 10.9 Å². The number of nitrogens with two attached hydrogens (primary N) is 1.